The number of rotatable bonds is 7. The lowest BCUT2D eigenvalue weighted by atomic mass is 10.0. The van der Waals surface area contributed by atoms with Crippen LogP contribution in [0.1, 0.15) is 28.9 Å². The number of carbonyl (C=O) groups excluding carboxylic acids is 2. The molecule has 0 saturated heterocycles. The van der Waals surface area contributed by atoms with Crippen LogP contribution in [0.2, 0.25) is 0 Å². The summed E-state index contributed by atoms with van der Waals surface area (Å²) in [5.41, 5.74) is 1.08. The van der Waals surface area contributed by atoms with E-state index in [1.54, 1.807) is 54.6 Å². The fraction of sp³-hybridized carbons (Fsp3) is 0.250. The van der Waals surface area contributed by atoms with Crippen molar-refractivity contribution >= 4 is 17.8 Å². The molecular weight excluding hydrogens is 332 g/mol. The van der Waals surface area contributed by atoms with Crippen LogP contribution in [0.4, 0.5) is 0 Å². The fourth-order valence-corrected chi connectivity index (χ4v) is 2.54. The van der Waals surface area contributed by atoms with Crippen LogP contribution < -0.4 is 5.32 Å². The van der Waals surface area contributed by atoms with E-state index in [1.165, 1.54) is 18.9 Å². The van der Waals surface area contributed by atoms with Crippen LogP contribution >= 0.6 is 0 Å². The van der Waals surface area contributed by atoms with Gasteiger partial charge >= 0.3 is 5.97 Å². The van der Waals surface area contributed by atoms with Crippen LogP contribution in [0.3, 0.4) is 0 Å². The Hall–Kier alpha value is -3.15. The molecule has 6 heteroatoms. The molecule has 0 saturated carbocycles. The number of aliphatic carboxylic acids is 1. The number of likely N-dealkylation sites (N-methyl/N-ethyl adjacent to an activating group) is 1. The van der Waals surface area contributed by atoms with E-state index in [4.69, 9.17) is 5.11 Å². The first-order chi connectivity index (χ1) is 12.4. The third kappa shape index (κ3) is 4.92. The van der Waals surface area contributed by atoms with E-state index in [2.05, 4.69) is 5.32 Å². The molecule has 2 N–H and O–H groups in total. The number of hydrogen-bond acceptors (Lipinski definition) is 3. The highest BCUT2D eigenvalue weighted by molar-refractivity contribution is 5.97. The first-order valence-corrected chi connectivity index (χ1v) is 8.28. The molecule has 2 aromatic rings. The van der Waals surface area contributed by atoms with Gasteiger partial charge in [-0.1, -0.05) is 55.5 Å². The summed E-state index contributed by atoms with van der Waals surface area (Å²) in [4.78, 5) is 37.8. The molecule has 2 amide bonds. The Kier molecular flexibility index (Phi) is 6.49. The number of carboxylic acids is 1. The number of hydrogen-bond donors (Lipinski definition) is 2. The zero-order chi connectivity index (χ0) is 19.1. The van der Waals surface area contributed by atoms with Crippen LogP contribution in [-0.4, -0.2) is 41.4 Å². The van der Waals surface area contributed by atoms with Crippen LogP contribution in [0, 0.1) is 5.92 Å². The smallest absolute Gasteiger partial charge is 0.308 e. The number of amides is 2. The number of carbonyl (C=O) groups is 3. The molecule has 2 aromatic carbocycles. The van der Waals surface area contributed by atoms with Crippen molar-refractivity contribution in [1.82, 2.24) is 10.2 Å². The molecule has 0 aliphatic carbocycles. The molecule has 0 aromatic heterocycles. The topological polar surface area (TPSA) is 86.7 Å². The first-order valence-electron chi connectivity index (χ1n) is 8.28. The summed E-state index contributed by atoms with van der Waals surface area (Å²) < 4.78 is 0. The van der Waals surface area contributed by atoms with Gasteiger partial charge < -0.3 is 15.3 Å². The second-order valence-corrected chi connectivity index (χ2v) is 6.14. The minimum Gasteiger partial charge on any atom is -0.481 e. The second kappa shape index (κ2) is 8.80. The quantitative estimate of drug-likeness (QED) is 0.799. The van der Waals surface area contributed by atoms with E-state index in [1.807, 2.05) is 6.07 Å². The van der Waals surface area contributed by atoms with Gasteiger partial charge in [0.15, 0.2) is 0 Å². The van der Waals surface area contributed by atoms with Gasteiger partial charge in [0, 0.05) is 19.2 Å². The van der Waals surface area contributed by atoms with Gasteiger partial charge in [-0.3, -0.25) is 14.4 Å². The zero-order valence-electron chi connectivity index (χ0n) is 14.8. The molecule has 26 heavy (non-hydrogen) atoms. The monoisotopic (exact) mass is 354 g/mol. The number of nitrogens with one attached hydrogen (secondary N) is 1. The highest BCUT2D eigenvalue weighted by atomic mass is 16.4. The van der Waals surface area contributed by atoms with Gasteiger partial charge in [-0.2, -0.15) is 0 Å². The molecule has 0 fully saturated rings. The average molecular weight is 354 g/mol. The van der Waals surface area contributed by atoms with Gasteiger partial charge in [-0.05, 0) is 17.7 Å². The van der Waals surface area contributed by atoms with Gasteiger partial charge in [-0.25, -0.2) is 0 Å². The average Bonchev–Trinajstić information content (AvgIpc) is 2.66. The highest BCUT2D eigenvalue weighted by Gasteiger charge is 2.27. The SMILES string of the molecule is CC(CN(C)C(=O)C(NC(=O)c1ccccc1)c1ccccc1)C(=O)O. The summed E-state index contributed by atoms with van der Waals surface area (Å²) in [5.74, 6) is -2.42. The summed E-state index contributed by atoms with van der Waals surface area (Å²) in [6.07, 6.45) is 0. The molecular formula is C20H22N2O4. The molecule has 0 bridgehead atoms. The predicted octanol–water partition coefficient (Wildman–Crippen LogP) is 2.34. The van der Waals surface area contributed by atoms with Gasteiger partial charge in [0.25, 0.3) is 5.91 Å². The third-order valence-corrected chi connectivity index (χ3v) is 4.04. The summed E-state index contributed by atoms with van der Waals surface area (Å²) in [6, 6.07) is 16.6. The van der Waals surface area contributed by atoms with Crippen LogP contribution in [0.25, 0.3) is 0 Å². The Morgan fingerprint density at radius 3 is 2.08 bits per heavy atom. The zero-order valence-corrected chi connectivity index (χ0v) is 14.8. The lowest BCUT2D eigenvalue weighted by Gasteiger charge is -2.26. The molecule has 2 unspecified atom stereocenters. The number of nitrogens with zero attached hydrogens (tertiary/aromatic N) is 1. The molecule has 136 valence electrons. The van der Waals surface area contributed by atoms with E-state index < -0.39 is 17.9 Å². The molecule has 0 radical (unpaired) electrons. The Morgan fingerprint density at radius 1 is 1.00 bits per heavy atom. The van der Waals surface area contributed by atoms with Crippen molar-refractivity contribution in [2.75, 3.05) is 13.6 Å². The van der Waals surface area contributed by atoms with Crippen molar-refractivity contribution in [3.8, 4) is 0 Å². The maximum Gasteiger partial charge on any atom is 0.308 e. The molecule has 0 spiro atoms. The molecule has 2 rings (SSSR count). The van der Waals surface area contributed by atoms with Gasteiger partial charge in [0.2, 0.25) is 5.91 Å². The van der Waals surface area contributed by atoms with E-state index in [9.17, 15) is 14.4 Å². The number of carboxylic acid groups (broad SMARTS) is 1. The Bertz CT molecular complexity index is 762. The minimum absolute atomic E-state index is 0.0543. The third-order valence-electron chi connectivity index (χ3n) is 4.04. The molecule has 2 atom stereocenters. The van der Waals surface area contributed by atoms with Crippen molar-refractivity contribution in [1.29, 1.82) is 0 Å². The number of benzene rings is 2. The standard InChI is InChI=1S/C20H22N2O4/c1-14(20(25)26)13-22(2)19(24)17(15-9-5-3-6-10-15)21-18(23)16-11-7-4-8-12-16/h3-12,14,17H,13H2,1-2H3,(H,21,23)(H,25,26). The molecule has 6 nitrogen and oxygen atoms in total. The molecule has 0 aliphatic heterocycles. The van der Waals surface area contributed by atoms with Crippen molar-refractivity contribution in [3.63, 3.8) is 0 Å². The van der Waals surface area contributed by atoms with Gasteiger partial charge in [0.1, 0.15) is 6.04 Å². The fourth-order valence-electron chi connectivity index (χ4n) is 2.54. The maximum atomic E-state index is 12.9. The maximum absolute atomic E-state index is 12.9. The first kappa shape index (κ1) is 19.2. The normalized spacial score (nSPS) is 12.7. The Balaban J connectivity index is 2.23. The van der Waals surface area contributed by atoms with E-state index in [0.717, 1.165) is 0 Å². The lowest BCUT2D eigenvalue weighted by Crippen LogP contribution is -2.43. The van der Waals surface area contributed by atoms with E-state index in [0.29, 0.717) is 11.1 Å². The summed E-state index contributed by atoms with van der Waals surface area (Å²) in [5, 5.41) is 11.8. The second-order valence-electron chi connectivity index (χ2n) is 6.14. The molecule has 0 aliphatic rings. The van der Waals surface area contributed by atoms with Gasteiger partial charge in [-0.15, -0.1) is 0 Å². The van der Waals surface area contributed by atoms with Gasteiger partial charge in [0.05, 0.1) is 5.92 Å². The van der Waals surface area contributed by atoms with E-state index >= 15 is 0 Å². The minimum atomic E-state index is -0.978. The van der Waals surface area contributed by atoms with Crippen molar-refractivity contribution < 1.29 is 19.5 Å². The molecule has 0 heterocycles. The lowest BCUT2D eigenvalue weighted by molar-refractivity contribution is -0.143. The Morgan fingerprint density at radius 2 is 1.54 bits per heavy atom. The highest BCUT2D eigenvalue weighted by Crippen LogP contribution is 2.17. The summed E-state index contributed by atoms with van der Waals surface area (Å²) >= 11 is 0. The summed E-state index contributed by atoms with van der Waals surface area (Å²) in [7, 11) is 1.53. The van der Waals surface area contributed by atoms with Crippen molar-refractivity contribution in [2.45, 2.75) is 13.0 Å². The van der Waals surface area contributed by atoms with Crippen LogP contribution in [0.5, 0.6) is 0 Å². The van der Waals surface area contributed by atoms with E-state index in [-0.39, 0.29) is 18.4 Å². The van der Waals surface area contributed by atoms with Crippen LogP contribution in [-0.2, 0) is 9.59 Å². The summed E-state index contributed by atoms with van der Waals surface area (Å²) in [6.45, 7) is 1.59. The van der Waals surface area contributed by atoms with Crippen LogP contribution in [0.15, 0.2) is 60.7 Å². The Labute approximate surface area is 152 Å². The predicted molar refractivity (Wildman–Crippen MR) is 97.5 cm³/mol. The largest absolute Gasteiger partial charge is 0.481 e. The van der Waals surface area contributed by atoms with Crippen molar-refractivity contribution in [2.24, 2.45) is 5.92 Å². The van der Waals surface area contributed by atoms with Crippen molar-refractivity contribution in [3.05, 3.63) is 71.8 Å².